The van der Waals surface area contributed by atoms with Gasteiger partial charge in [-0.3, -0.25) is 19.7 Å². The predicted octanol–water partition coefficient (Wildman–Crippen LogP) is 8.51. The summed E-state index contributed by atoms with van der Waals surface area (Å²) in [5.41, 5.74) is 5.80. The third kappa shape index (κ3) is 11.2. The molecular weight excluding hydrogens is 590 g/mol. The van der Waals surface area contributed by atoms with Crippen molar-refractivity contribution >= 4 is 11.6 Å². The molecule has 7 heteroatoms. The van der Waals surface area contributed by atoms with Crippen molar-refractivity contribution in [3.05, 3.63) is 139 Å². The van der Waals surface area contributed by atoms with Crippen molar-refractivity contribution in [3.8, 4) is 0 Å². The molecule has 0 saturated heterocycles. The fourth-order valence-corrected chi connectivity index (χ4v) is 5.81. The van der Waals surface area contributed by atoms with E-state index in [1.54, 1.807) is 32.9 Å². The minimum Gasteiger partial charge on any atom is -0.385 e. The molecule has 0 aromatic carbocycles. The number of hydrogen-bond acceptors (Lipinski definition) is 6. The van der Waals surface area contributed by atoms with Crippen LogP contribution in [0.15, 0.2) is 129 Å². The Kier molecular flexibility index (Phi) is 13.7. The Balaban J connectivity index is 2.11. The van der Waals surface area contributed by atoms with E-state index in [9.17, 15) is 29.9 Å². The highest BCUT2D eigenvalue weighted by molar-refractivity contribution is 6.01. The van der Waals surface area contributed by atoms with Gasteiger partial charge in [0, 0.05) is 12.2 Å². The second kappa shape index (κ2) is 16.6. The average Bonchev–Trinajstić information content (AvgIpc) is 2.96. The molecule has 0 saturated carbocycles. The Morgan fingerprint density at radius 1 is 0.681 bits per heavy atom. The second-order valence-electron chi connectivity index (χ2n) is 13.9. The monoisotopic (exact) mass is 641 g/mol. The summed E-state index contributed by atoms with van der Waals surface area (Å²) in [4.78, 5) is 35.8. The minimum absolute atomic E-state index is 0.0395. The SMILES string of the molecule is CC1=C(/C=C/C(C)=C/C=C/C(C)=C/C=C(\C=C(C)\C=C\C=C(C)\C=C\C2=C(C)C(=O)C(O)CC2(C)C)[N+](=O)[O-])C(C)(C)CC(O)C1=O. The number of ketones is 2. The molecule has 0 heterocycles. The number of hydrogen-bond donors (Lipinski definition) is 2. The van der Waals surface area contributed by atoms with E-state index in [0.717, 1.165) is 27.9 Å². The van der Waals surface area contributed by atoms with Crippen LogP contribution >= 0.6 is 0 Å². The lowest BCUT2D eigenvalue weighted by Gasteiger charge is -2.34. The van der Waals surface area contributed by atoms with Crippen molar-refractivity contribution in [2.45, 2.75) is 94.3 Å². The first-order valence-corrected chi connectivity index (χ1v) is 15.9. The first-order valence-electron chi connectivity index (χ1n) is 15.9. The molecule has 2 rings (SSSR count). The normalized spacial score (nSPS) is 23.9. The van der Waals surface area contributed by atoms with E-state index in [0.29, 0.717) is 29.6 Å². The van der Waals surface area contributed by atoms with E-state index < -0.39 is 17.1 Å². The molecule has 47 heavy (non-hydrogen) atoms. The van der Waals surface area contributed by atoms with Crippen LogP contribution in [0.3, 0.4) is 0 Å². The number of carbonyl (C=O) groups is 2. The van der Waals surface area contributed by atoms with Crippen molar-refractivity contribution in [3.63, 3.8) is 0 Å². The van der Waals surface area contributed by atoms with Crippen LogP contribution in [0.1, 0.15) is 82.1 Å². The summed E-state index contributed by atoms with van der Waals surface area (Å²) in [6.07, 6.45) is 22.5. The number of allylic oxidation sites excluding steroid dienone is 19. The van der Waals surface area contributed by atoms with Crippen LogP contribution in [0.2, 0.25) is 0 Å². The van der Waals surface area contributed by atoms with Gasteiger partial charge in [-0.2, -0.15) is 0 Å². The van der Waals surface area contributed by atoms with Crippen molar-refractivity contribution in [2.75, 3.05) is 0 Å². The maximum atomic E-state index is 12.3. The summed E-state index contributed by atoms with van der Waals surface area (Å²) in [5, 5.41) is 31.8. The zero-order valence-electron chi connectivity index (χ0n) is 29.5. The Morgan fingerprint density at radius 2 is 1.06 bits per heavy atom. The molecule has 2 unspecified atom stereocenters. The van der Waals surface area contributed by atoms with E-state index >= 15 is 0 Å². The fourth-order valence-electron chi connectivity index (χ4n) is 5.81. The largest absolute Gasteiger partial charge is 0.385 e. The molecule has 0 amide bonds. The molecule has 0 aromatic heterocycles. The molecule has 0 aromatic rings. The molecule has 2 aliphatic rings. The summed E-state index contributed by atoms with van der Waals surface area (Å²) in [6.45, 7) is 19.1. The highest BCUT2D eigenvalue weighted by atomic mass is 16.6. The van der Waals surface area contributed by atoms with Crippen molar-refractivity contribution in [2.24, 2.45) is 10.8 Å². The zero-order chi connectivity index (χ0) is 35.7. The Morgan fingerprint density at radius 3 is 1.47 bits per heavy atom. The van der Waals surface area contributed by atoms with Crippen LogP contribution in [0.25, 0.3) is 0 Å². The Hall–Kier alpha value is -4.20. The van der Waals surface area contributed by atoms with Gasteiger partial charge in [-0.25, -0.2) is 0 Å². The van der Waals surface area contributed by atoms with Gasteiger partial charge in [0.2, 0.25) is 0 Å². The number of aliphatic hydroxyl groups excluding tert-OH is 2. The third-order valence-corrected chi connectivity index (χ3v) is 8.58. The summed E-state index contributed by atoms with van der Waals surface area (Å²) < 4.78 is 0. The van der Waals surface area contributed by atoms with Gasteiger partial charge in [0.25, 0.3) is 5.70 Å². The molecular formula is C40H51NO6. The lowest BCUT2D eigenvalue weighted by Crippen LogP contribution is -2.35. The van der Waals surface area contributed by atoms with Gasteiger partial charge in [-0.1, -0.05) is 111 Å². The van der Waals surface area contributed by atoms with Crippen LogP contribution in [0.4, 0.5) is 0 Å². The smallest absolute Gasteiger partial charge is 0.269 e. The first-order chi connectivity index (χ1) is 21.8. The summed E-state index contributed by atoms with van der Waals surface area (Å²) >= 11 is 0. The molecule has 0 fully saturated rings. The molecule has 7 nitrogen and oxygen atoms in total. The number of carbonyl (C=O) groups excluding carboxylic acids is 2. The summed E-state index contributed by atoms with van der Waals surface area (Å²) in [7, 11) is 0. The number of rotatable bonds is 11. The van der Waals surface area contributed by atoms with Gasteiger partial charge in [-0.15, -0.1) is 0 Å². The minimum atomic E-state index is -0.958. The van der Waals surface area contributed by atoms with Crippen molar-refractivity contribution < 1.29 is 24.7 Å². The van der Waals surface area contributed by atoms with E-state index in [-0.39, 0.29) is 28.1 Å². The van der Waals surface area contributed by atoms with Gasteiger partial charge in [-0.05, 0) is 93.1 Å². The number of nitro groups is 1. The van der Waals surface area contributed by atoms with Crippen LogP contribution in [0.5, 0.6) is 0 Å². The van der Waals surface area contributed by atoms with Gasteiger partial charge in [0.05, 0.1) is 4.92 Å². The summed E-state index contributed by atoms with van der Waals surface area (Å²) in [6, 6.07) is 0. The Labute approximate surface area is 280 Å². The highest BCUT2D eigenvalue weighted by Gasteiger charge is 2.37. The molecule has 252 valence electrons. The third-order valence-electron chi connectivity index (χ3n) is 8.58. The second-order valence-corrected chi connectivity index (χ2v) is 13.9. The van der Waals surface area contributed by atoms with Gasteiger partial charge < -0.3 is 10.2 Å². The van der Waals surface area contributed by atoms with E-state index in [4.69, 9.17) is 0 Å². The lowest BCUT2D eigenvalue weighted by atomic mass is 9.71. The maximum Gasteiger partial charge on any atom is 0.269 e. The van der Waals surface area contributed by atoms with Gasteiger partial charge in [0.15, 0.2) is 11.6 Å². The van der Waals surface area contributed by atoms with Crippen molar-refractivity contribution in [1.82, 2.24) is 0 Å². The average molecular weight is 642 g/mol. The van der Waals surface area contributed by atoms with Gasteiger partial charge >= 0.3 is 0 Å². The van der Waals surface area contributed by atoms with Crippen molar-refractivity contribution in [1.29, 1.82) is 0 Å². The molecule has 0 bridgehead atoms. The van der Waals surface area contributed by atoms with E-state index in [1.165, 1.54) is 12.2 Å². The maximum absolute atomic E-state index is 12.3. The van der Waals surface area contributed by atoms with Crippen LogP contribution in [-0.2, 0) is 9.59 Å². The molecule has 2 N–H and O–H groups in total. The predicted molar refractivity (Wildman–Crippen MR) is 191 cm³/mol. The zero-order valence-corrected chi connectivity index (χ0v) is 29.5. The summed E-state index contributed by atoms with van der Waals surface area (Å²) in [5.74, 6) is -0.451. The topological polar surface area (TPSA) is 118 Å². The highest BCUT2D eigenvalue weighted by Crippen LogP contribution is 2.40. The van der Waals surface area contributed by atoms with Crippen LogP contribution in [0, 0.1) is 20.9 Å². The first kappa shape index (κ1) is 39.0. The molecule has 0 radical (unpaired) electrons. The molecule has 2 aliphatic carbocycles. The number of aliphatic hydroxyl groups is 2. The van der Waals surface area contributed by atoms with E-state index in [1.807, 2.05) is 103 Å². The molecule has 2 atom stereocenters. The number of nitrogens with zero attached hydrogens (tertiary/aromatic N) is 1. The Bertz CT molecular complexity index is 1610. The van der Waals surface area contributed by atoms with Gasteiger partial charge in [0.1, 0.15) is 12.2 Å². The molecule has 0 spiro atoms. The standard InChI is InChI=1S/C40H51NO6/c1-26(13-11-14-27(2)18-21-33-30(5)37(44)35(42)24-39(33,7)8)17-20-32(41(46)47)23-29(4)16-12-15-28(3)19-22-34-31(6)38(45)36(43)25-40(34,9)10/h11-23,35-36,42-43H,24-25H2,1-10H3/b13-11+,16-12+,21-18+,22-19+,26-17+,27-14+,28-15+,29-23+,32-20+. The van der Waals surface area contributed by atoms with E-state index in [2.05, 4.69) is 0 Å². The lowest BCUT2D eigenvalue weighted by molar-refractivity contribution is -0.419. The molecule has 0 aliphatic heterocycles. The number of Topliss-reactive ketones (excluding diaryl/α,β-unsaturated/α-hetero) is 2. The van der Waals surface area contributed by atoms with Crippen LogP contribution < -0.4 is 0 Å². The quantitative estimate of drug-likeness (QED) is 0.133. The van der Waals surface area contributed by atoms with Crippen LogP contribution in [-0.4, -0.2) is 38.9 Å². The fraction of sp³-hybridized carbons (Fsp3) is 0.400.